The first-order valence-corrected chi connectivity index (χ1v) is 6.58. The Kier molecular flexibility index (Phi) is 3.08. The van der Waals surface area contributed by atoms with Crippen molar-refractivity contribution in [2.24, 2.45) is 0 Å². The summed E-state index contributed by atoms with van der Waals surface area (Å²) in [7, 11) is 0. The summed E-state index contributed by atoms with van der Waals surface area (Å²) < 4.78 is 0. The number of hydrogen-bond donors (Lipinski definition) is 1. The quantitative estimate of drug-likeness (QED) is 0.780. The molecule has 1 aliphatic rings. The van der Waals surface area contributed by atoms with Gasteiger partial charge in [-0.3, -0.25) is 5.32 Å². The summed E-state index contributed by atoms with van der Waals surface area (Å²) in [6.07, 6.45) is 0. The maximum absolute atomic E-state index is 3.63. The van der Waals surface area contributed by atoms with E-state index >= 15 is 0 Å². The molecule has 1 aliphatic heterocycles. The van der Waals surface area contributed by atoms with Crippen LogP contribution in [-0.4, -0.2) is 11.8 Å². The molecule has 1 nitrogen and oxygen atoms in total. The van der Waals surface area contributed by atoms with Crippen molar-refractivity contribution in [2.45, 2.75) is 39.1 Å². The Balaban J connectivity index is 2.35. The van der Waals surface area contributed by atoms with Gasteiger partial charge in [0, 0.05) is 11.8 Å². The molecule has 1 fully saturated rings. The number of nitrogens with one attached hydrogen (secondary N) is 1. The third-order valence-corrected chi connectivity index (χ3v) is 4.35. The van der Waals surface area contributed by atoms with Crippen molar-refractivity contribution in [3.8, 4) is 0 Å². The first kappa shape index (κ1) is 11.0. The molecule has 1 saturated heterocycles. The van der Waals surface area contributed by atoms with E-state index in [1.54, 1.807) is 0 Å². The average Bonchev–Trinajstić information content (AvgIpc) is 2.49. The Morgan fingerprint density at radius 3 is 2.27 bits per heavy atom. The highest BCUT2D eigenvalue weighted by molar-refractivity contribution is 7.99. The highest BCUT2D eigenvalue weighted by Crippen LogP contribution is 2.36. The number of thioether (sulfide) groups is 1. The summed E-state index contributed by atoms with van der Waals surface area (Å²) in [6.45, 7) is 8.87. The van der Waals surface area contributed by atoms with E-state index in [4.69, 9.17) is 0 Å². The van der Waals surface area contributed by atoms with Gasteiger partial charge < -0.3 is 0 Å². The highest BCUT2D eigenvalue weighted by Gasteiger charge is 2.24. The molecule has 0 bridgehead atoms. The molecule has 1 aromatic rings. The lowest BCUT2D eigenvalue weighted by molar-refractivity contribution is 0.615. The predicted molar refractivity (Wildman–Crippen MR) is 68.4 cm³/mol. The minimum Gasteiger partial charge on any atom is -0.298 e. The molecular formula is C13H19NS. The molecule has 15 heavy (non-hydrogen) atoms. The molecule has 0 aromatic heterocycles. The van der Waals surface area contributed by atoms with Crippen LogP contribution in [0.5, 0.6) is 0 Å². The smallest absolute Gasteiger partial charge is 0.0797 e. The summed E-state index contributed by atoms with van der Waals surface area (Å²) >= 11 is 2.03. The standard InChI is InChI=1S/C13H19NS/c1-8-5-9(2)12(10(3)6-8)13-14-11(4)7-15-13/h5-6,11,13-14H,7H2,1-4H3. The van der Waals surface area contributed by atoms with Crippen molar-refractivity contribution in [1.29, 1.82) is 0 Å². The molecule has 2 heteroatoms. The summed E-state index contributed by atoms with van der Waals surface area (Å²) in [5.41, 5.74) is 5.71. The Hall–Kier alpha value is -0.470. The fourth-order valence-electron chi connectivity index (χ4n) is 2.37. The molecule has 0 radical (unpaired) electrons. The molecule has 1 heterocycles. The van der Waals surface area contributed by atoms with Gasteiger partial charge in [-0.1, -0.05) is 17.7 Å². The maximum Gasteiger partial charge on any atom is 0.0797 e. The van der Waals surface area contributed by atoms with E-state index in [2.05, 4.69) is 45.1 Å². The van der Waals surface area contributed by atoms with E-state index in [1.165, 1.54) is 28.0 Å². The minimum atomic E-state index is 0.501. The van der Waals surface area contributed by atoms with Crippen LogP contribution in [0.1, 0.15) is 34.6 Å². The largest absolute Gasteiger partial charge is 0.298 e. The molecule has 1 aromatic carbocycles. The van der Waals surface area contributed by atoms with E-state index in [0.29, 0.717) is 11.4 Å². The summed E-state index contributed by atoms with van der Waals surface area (Å²) in [6, 6.07) is 5.21. The van der Waals surface area contributed by atoms with Gasteiger partial charge >= 0.3 is 0 Å². The Morgan fingerprint density at radius 2 is 1.80 bits per heavy atom. The van der Waals surface area contributed by atoms with Crippen molar-refractivity contribution in [1.82, 2.24) is 5.32 Å². The lowest BCUT2D eigenvalue weighted by Gasteiger charge is -2.17. The van der Waals surface area contributed by atoms with Crippen molar-refractivity contribution >= 4 is 11.8 Å². The van der Waals surface area contributed by atoms with E-state index < -0.39 is 0 Å². The molecule has 0 spiro atoms. The van der Waals surface area contributed by atoms with Crippen molar-refractivity contribution in [2.75, 3.05) is 5.75 Å². The lowest BCUT2D eigenvalue weighted by atomic mass is 9.99. The van der Waals surface area contributed by atoms with Crippen LogP contribution < -0.4 is 5.32 Å². The molecule has 0 amide bonds. The van der Waals surface area contributed by atoms with Crippen LogP contribution in [0, 0.1) is 20.8 Å². The number of benzene rings is 1. The van der Waals surface area contributed by atoms with Gasteiger partial charge in [-0.25, -0.2) is 0 Å². The highest BCUT2D eigenvalue weighted by atomic mass is 32.2. The SMILES string of the molecule is Cc1cc(C)c(C2NC(C)CS2)c(C)c1. The maximum atomic E-state index is 3.63. The topological polar surface area (TPSA) is 12.0 Å². The van der Waals surface area contributed by atoms with Crippen molar-refractivity contribution in [3.05, 3.63) is 34.4 Å². The molecular weight excluding hydrogens is 202 g/mol. The fraction of sp³-hybridized carbons (Fsp3) is 0.538. The van der Waals surface area contributed by atoms with Crippen LogP contribution in [0.2, 0.25) is 0 Å². The molecule has 0 saturated carbocycles. The van der Waals surface area contributed by atoms with Crippen molar-refractivity contribution < 1.29 is 0 Å². The van der Waals surface area contributed by atoms with E-state index in [-0.39, 0.29) is 0 Å². The van der Waals surface area contributed by atoms with Gasteiger partial charge in [0.25, 0.3) is 0 Å². The van der Waals surface area contributed by atoms with Crippen LogP contribution >= 0.6 is 11.8 Å². The molecule has 1 N–H and O–H groups in total. The Bertz CT molecular complexity index is 350. The summed E-state index contributed by atoms with van der Waals surface area (Å²) in [5.74, 6) is 1.22. The molecule has 82 valence electrons. The van der Waals surface area contributed by atoms with Gasteiger partial charge in [-0.15, -0.1) is 11.8 Å². The number of aryl methyl sites for hydroxylation is 3. The number of hydrogen-bond acceptors (Lipinski definition) is 2. The average molecular weight is 221 g/mol. The first-order chi connectivity index (χ1) is 7.08. The van der Waals surface area contributed by atoms with Gasteiger partial charge in [0.15, 0.2) is 0 Å². The fourth-order valence-corrected chi connectivity index (χ4v) is 3.81. The predicted octanol–water partition coefficient (Wildman–Crippen LogP) is 3.34. The molecule has 2 rings (SSSR count). The van der Waals surface area contributed by atoms with Gasteiger partial charge in [-0.2, -0.15) is 0 Å². The second kappa shape index (κ2) is 4.18. The van der Waals surface area contributed by atoms with Gasteiger partial charge in [0.2, 0.25) is 0 Å². The number of rotatable bonds is 1. The van der Waals surface area contributed by atoms with Gasteiger partial charge in [0.05, 0.1) is 5.37 Å². The van der Waals surface area contributed by atoms with Crippen molar-refractivity contribution in [3.63, 3.8) is 0 Å². The summed E-state index contributed by atoms with van der Waals surface area (Å²) in [5, 5.41) is 4.13. The van der Waals surface area contributed by atoms with E-state index in [9.17, 15) is 0 Å². The Labute approximate surface area is 96.7 Å². The molecule has 2 unspecified atom stereocenters. The zero-order chi connectivity index (χ0) is 11.0. The Morgan fingerprint density at radius 1 is 1.20 bits per heavy atom. The van der Waals surface area contributed by atoms with Crippen LogP contribution in [0.15, 0.2) is 12.1 Å². The zero-order valence-electron chi connectivity index (χ0n) is 9.92. The molecule has 2 atom stereocenters. The summed E-state index contributed by atoms with van der Waals surface area (Å²) in [4.78, 5) is 0. The third-order valence-electron chi connectivity index (χ3n) is 2.95. The second-order valence-corrected chi connectivity index (χ2v) is 5.73. The first-order valence-electron chi connectivity index (χ1n) is 5.53. The van der Waals surface area contributed by atoms with Crippen LogP contribution in [0.25, 0.3) is 0 Å². The minimum absolute atomic E-state index is 0.501. The normalized spacial score (nSPS) is 25.9. The third kappa shape index (κ3) is 2.21. The second-order valence-electron chi connectivity index (χ2n) is 4.59. The lowest BCUT2D eigenvalue weighted by Crippen LogP contribution is -2.22. The van der Waals surface area contributed by atoms with Crippen LogP contribution in [0.4, 0.5) is 0 Å². The van der Waals surface area contributed by atoms with Gasteiger partial charge in [-0.05, 0) is 44.4 Å². The van der Waals surface area contributed by atoms with Crippen LogP contribution in [0.3, 0.4) is 0 Å². The van der Waals surface area contributed by atoms with E-state index in [0.717, 1.165) is 0 Å². The van der Waals surface area contributed by atoms with Gasteiger partial charge in [0.1, 0.15) is 0 Å². The monoisotopic (exact) mass is 221 g/mol. The van der Waals surface area contributed by atoms with E-state index in [1.807, 2.05) is 11.8 Å². The molecule has 0 aliphatic carbocycles. The van der Waals surface area contributed by atoms with Crippen LogP contribution in [-0.2, 0) is 0 Å². The zero-order valence-corrected chi connectivity index (χ0v) is 10.7.